The molecule has 0 spiro atoms. The summed E-state index contributed by atoms with van der Waals surface area (Å²) >= 11 is 0. The monoisotopic (exact) mass is 437 g/mol. The van der Waals surface area contributed by atoms with Gasteiger partial charge in [-0.05, 0) is 54.4 Å². The average Bonchev–Trinajstić information content (AvgIpc) is 2.69. The summed E-state index contributed by atoms with van der Waals surface area (Å²) in [6.45, 7) is 2.62. The van der Waals surface area contributed by atoms with Crippen LogP contribution in [-0.2, 0) is 16.4 Å². The van der Waals surface area contributed by atoms with E-state index in [-0.39, 0.29) is 18.2 Å². The van der Waals surface area contributed by atoms with E-state index in [1.807, 2.05) is 0 Å². The third-order valence-corrected chi connectivity index (χ3v) is 5.68. The predicted octanol–water partition coefficient (Wildman–Crippen LogP) is 2.43. The lowest BCUT2D eigenvalue weighted by Crippen LogP contribution is -2.52. The fourth-order valence-electron chi connectivity index (χ4n) is 3.58. The van der Waals surface area contributed by atoms with Crippen molar-refractivity contribution in [2.45, 2.75) is 18.9 Å². The predicted molar refractivity (Wildman–Crippen MR) is 112 cm³/mol. The van der Waals surface area contributed by atoms with Crippen LogP contribution in [0.25, 0.3) is 0 Å². The summed E-state index contributed by atoms with van der Waals surface area (Å²) in [5.74, 6) is -0.957. The number of ketones is 1. The molecule has 1 atom stereocenters. The lowest BCUT2D eigenvalue weighted by Gasteiger charge is -2.36. The number of hydrogen-bond donors (Lipinski definition) is 2. The molecule has 1 fully saturated rings. The van der Waals surface area contributed by atoms with Crippen molar-refractivity contribution in [3.05, 3.63) is 65.2 Å². The smallest absolute Gasteiger partial charge is 0.229 e. The minimum atomic E-state index is -3.37. The first-order valence-corrected chi connectivity index (χ1v) is 11.6. The van der Waals surface area contributed by atoms with Gasteiger partial charge < -0.3 is 5.32 Å². The van der Waals surface area contributed by atoms with Gasteiger partial charge in [0, 0.05) is 49.9 Å². The topological polar surface area (TPSA) is 78.5 Å². The highest BCUT2D eigenvalue weighted by molar-refractivity contribution is 7.92. The number of Topliss-reactive ketones (excluding diaryl/α,β-unsaturated/α-hetero) is 1. The molecule has 1 unspecified atom stereocenters. The van der Waals surface area contributed by atoms with Crippen LogP contribution in [0.5, 0.6) is 0 Å². The maximum absolute atomic E-state index is 14.0. The first-order chi connectivity index (χ1) is 14.2. The van der Waals surface area contributed by atoms with Crippen LogP contribution in [-0.4, -0.2) is 57.6 Å². The highest BCUT2D eigenvalue weighted by atomic mass is 32.2. The lowest BCUT2D eigenvalue weighted by molar-refractivity contribution is 0.0935. The van der Waals surface area contributed by atoms with Crippen LogP contribution in [0.4, 0.5) is 14.5 Å². The number of carbonyl (C=O) groups is 1. The molecule has 2 aromatic rings. The largest absolute Gasteiger partial charge is 0.314 e. The molecule has 1 aliphatic rings. The summed E-state index contributed by atoms with van der Waals surface area (Å²) in [4.78, 5) is 14.7. The first kappa shape index (κ1) is 22.3. The second-order valence-corrected chi connectivity index (χ2v) is 9.21. The van der Waals surface area contributed by atoms with Crippen LogP contribution in [0.3, 0.4) is 0 Å². The van der Waals surface area contributed by atoms with Crippen LogP contribution in [0.2, 0.25) is 0 Å². The SMILES string of the molecule is CS(=O)(=O)Nc1ccc(C(=O)CCN2CCNCC2Cc2cc(F)ccc2F)cc1. The molecule has 1 aliphatic heterocycles. The van der Waals surface area contributed by atoms with Gasteiger partial charge in [-0.1, -0.05) is 0 Å². The standard InChI is InChI=1S/C21H25F2N3O3S/c1-30(28,29)25-18-5-2-15(3-6-18)21(27)8-10-26-11-9-24-14-19(26)13-16-12-17(22)4-7-20(16)23/h2-7,12,19,24-25H,8-11,13-14H2,1H3. The van der Waals surface area contributed by atoms with E-state index in [1.54, 1.807) is 24.3 Å². The van der Waals surface area contributed by atoms with Gasteiger partial charge in [0.15, 0.2) is 5.78 Å². The van der Waals surface area contributed by atoms with Crippen LogP contribution in [0, 0.1) is 11.6 Å². The van der Waals surface area contributed by atoms with Gasteiger partial charge in [-0.15, -0.1) is 0 Å². The molecule has 0 radical (unpaired) electrons. The molecule has 9 heteroatoms. The Balaban J connectivity index is 1.60. The molecular weight excluding hydrogens is 412 g/mol. The summed E-state index contributed by atoms with van der Waals surface area (Å²) in [5, 5.41) is 3.26. The van der Waals surface area contributed by atoms with Crippen LogP contribution < -0.4 is 10.0 Å². The molecule has 0 amide bonds. The Morgan fingerprint density at radius 2 is 1.93 bits per heavy atom. The van der Waals surface area contributed by atoms with Crippen molar-refractivity contribution in [1.29, 1.82) is 0 Å². The van der Waals surface area contributed by atoms with Crippen LogP contribution >= 0.6 is 0 Å². The molecule has 30 heavy (non-hydrogen) atoms. The number of anilines is 1. The number of piperazine rings is 1. The first-order valence-electron chi connectivity index (χ1n) is 9.71. The van der Waals surface area contributed by atoms with E-state index in [0.29, 0.717) is 42.9 Å². The molecule has 2 aromatic carbocycles. The number of hydrogen-bond acceptors (Lipinski definition) is 5. The van der Waals surface area contributed by atoms with Crippen molar-refractivity contribution in [3.63, 3.8) is 0 Å². The van der Waals surface area contributed by atoms with Gasteiger partial charge in [-0.3, -0.25) is 14.4 Å². The number of nitrogens with zero attached hydrogens (tertiary/aromatic N) is 1. The summed E-state index contributed by atoms with van der Waals surface area (Å²) in [6, 6.07) is 9.70. The zero-order valence-corrected chi connectivity index (χ0v) is 17.5. The molecule has 2 N–H and O–H groups in total. The maximum Gasteiger partial charge on any atom is 0.229 e. The molecule has 162 valence electrons. The van der Waals surface area contributed by atoms with E-state index < -0.39 is 21.7 Å². The number of benzene rings is 2. The van der Waals surface area contributed by atoms with Gasteiger partial charge in [-0.2, -0.15) is 0 Å². The third kappa shape index (κ3) is 6.32. The summed E-state index contributed by atoms with van der Waals surface area (Å²) in [6.07, 6.45) is 1.70. The Labute approximate surface area is 175 Å². The number of carbonyl (C=O) groups excluding carboxylic acids is 1. The molecule has 1 heterocycles. The van der Waals surface area contributed by atoms with Crippen molar-refractivity contribution >= 4 is 21.5 Å². The van der Waals surface area contributed by atoms with Gasteiger partial charge in [0.25, 0.3) is 0 Å². The molecule has 0 bridgehead atoms. The van der Waals surface area contributed by atoms with E-state index in [0.717, 1.165) is 24.9 Å². The van der Waals surface area contributed by atoms with Crippen LogP contribution in [0.15, 0.2) is 42.5 Å². The quantitative estimate of drug-likeness (QED) is 0.621. The second-order valence-electron chi connectivity index (χ2n) is 7.46. The lowest BCUT2D eigenvalue weighted by atomic mass is 10.0. The molecule has 6 nitrogen and oxygen atoms in total. The van der Waals surface area contributed by atoms with Gasteiger partial charge in [0.05, 0.1) is 6.26 Å². The van der Waals surface area contributed by atoms with Crippen molar-refractivity contribution in [3.8, 4) is 0 Å². The Hall–Kier alpha value is -2.36. The fourth-order valence-corrected chi connectivity index (χ4v) is 4.14. The summed E-state index contributed by atoms with van der Waals surface area (Å²) in [7, 11) is -3.37. The van der Waals surface area contributed by atoms with Crippen molar-refractivity contribution in [1.82, 2.24) is 10.2 Å². The number of halogens is 2. The highest BCUT2D eigenvalue weighted by Crippen LogP contribution is 2.17. The molecule has 0 aromatic heterocycles. The Morgan fingerprint density at radius 1 is 1.20 bits per heavy atom. The minimum absolute atomic E-state index is 0.0378. The third-order valence-electron chi connectivity index (χ3n) is 5.07. The molecule has 3 rings (SSSR count). The minimum Gasteiger partial charge on any atom is -0.314 e. The number of nitrogens with one attached hydrogen (secondary N) is 2. The van der Waals surface area contributed by atoms with Gasteiger partial charge >= 0.3 is 0 Å². The zero-order chi connectivity index (χ0) is 21.7. The molecule has 0 saturated carbocycles. The molecule has 0 aliphatic carbocycles. The summed E-state index contributed by atoms with van der Waals surface area (Å²) in [5.41, 5.74) is 1.22. The molecule has 1 saturated heterocycles. The van der Waals surface area contributed by atoms with E-state index in [4.69, 9.17) is 0 Å². The second kappa shape index (κ2) is 9.63. The Morgan fingerprint density at radius 3 is 2.63 bits per heavy atom. The van der Waals surface area contributed by atoms with Crippen molar-refractivity contribution < 1.29 is 22.0 Å². The average molecular weight is 438 g/mol. The maximum atomic E-state index is 14.0. The summed E-state index contributed by atoms with van der Waals surface area (Å²) < 4.78 is 52.4. The Kier molecular flexibility index (Phi) is 7.17. The van der Waals surface area contributed by atoms with E-state index in [1.165, 1.54) is 6.07 Å². The van der Waals surface area contributed by atoms with Crippen molar-refractivity contribution in [2.75, 3.05) is 37.2 Å². The zero-order valence-electron chi connectivity index (χ0n) is 16.7. The van der Waals surface area contributed by atoms with E-state index in [9.17, 15) is 22.0 Å². The van der Waals surface area contributed by atoms with E-state index >= 15 is 0 Å². The Bertz CT molecular complexity index is 997. The van der Waals surface area contributed by atoms with E-state index in [2.05, 4.69) is 14.9 Å². The number of sulfonamides is 1. The van der Waals surface area contributed by atoms with Gasteiger partial charge in [0.1, 0.15) is 11.6 Å². The van der Waals surface area contributed by atoms with Crippen molar-refractivity contribution in [2.24, 2.45) is 0 Å². The normalized spacial score (nSPS) is 17.6. The number of rotatable bonds is 8. The van der Waals surface area contributed by atoms with Gasteiger partial charge in [0.2, 0.25) is 10.0 Å². The molecular formula is C21H25F2N3O3S. The fraction of sp³-hybridized carbons (Fsp3) is 0.381. The van der Waals surface area contributed by atoms with Crippen LogP contribution in [0.1, 0.15) is 22.3 Å². The van der Waals surface area contributed by atoms with Gasteiger partial charge in [-0.25, -0.2) is 17.2 Å². The highest BCUT2D eigenvalue weighted by Gasteiger charge is 2.24.